The fraction of sp³-hybridized carbons (Fsp3) is 0.900. The average Bonchev–Trinajstić information content (AvgIpc) is 2.18. The van der Waals surface area contributed by atoms with Crippen molar-refractivity contribution < 1.29 is 4.74 Å². The van der Waals surface area contributed by atoms with E-state index in [1.54, 1.807) is 0 Å². The van der Waals surface area contributed by atoms with Crippen LogP contribution in [0.25, 0.3) is 0 Å². The molecule has 0 aliphatic carbocycles. The summed E-state index contributed by atoms with van der Waals surface area (Å²) in [6.07, 6.45) is 3.44. The van der Waals surface area contributed by atoms with E-state index in [0.29, 0.717) is 6.10 Å². The van der Waals surface area contributed by atoms with Crippen LogP contribution in [-0.4, -0.2) is 36.5 Å². The standard InChI is InChI=1S/C10H20N2O/c1-3-10(11)12-7-5-9(6-8-12)13-4-2/h9,11H,3-8H2,1-2H3. The van der Waals surface area contributed by atoms with Gasteiger partial charge in [-0.3, -0.25) is 5.41 Å². The van der Waals surface area contributed by atoms with Crippen molar-refractivity contribution >= 4 is 5.84 Å². The number of piperidine rings is 1. The van der Waals surface area contributed by atoms with Crippen molar-refractivity contribution in [2.24, 2.45) is 0 Å². The maximum absolute atomic E-state index is 7.68. The van der Waals surface area contributed by atoms with E-state index in [9.17, 15) is 0 Å². The van der Waals surface area contributed by atoms with Crippen LogP contribution in [0.2, 0.25) is 0 Å². The van der Waals surface area contributed by atoms with Crippen molar-refractivity contribution in [3.05, 3.63) is 0 Å². The second kappa shape index (κ2) is 5.22. The summed E-state index contributed by atoms with van der Waals surface area (Å²) in [7, 11) is 0. The molecule has 0 aromatic rings. The van der Waals surface area contributed by atoms with Crippen molar-refractivity contribution in [2.75, 3.05) is 19.7 Å². The summed E-state index contributed by atoms with van der Waals surface area (Å²) in [5.74, 6) is 0.773. The van der Waals surface area contributed by atoms with E-state index < -0.39 is 0 Å². The Hall–Kier alpha value is -0.570. The zero-order chi connectivity index (χ0) is 9.68. The van der Waals surface area contributed by atoms with E-state index in [1.165, 1.54) is 0 Å². The molecule has 1 fully saturated rings. The summed E-state index contributed by atoms with van der Waals surface area (Å²) in [6.45, 7) is 6.89. The molecule has 1 N–H and O–H groups in total. The summed E-state index contributed by atoms with van der Waals surface area (Å²) in [6, 6.07) is 0. The molecule has 1 saturated heterocycles. The minimum Gasteiger partial charge on any atom is -0.378 e. The smallest absolute Gasteiger partial charge is 0.0954 e. The van der Waals surface area contributed by atoms with Crippen LogP contribution < -0.4 is 0 Å². The molecule has 0 spiro atoms. The van der Waals surface area contributed by atoms with Crippen LogP contribution in [0.5, 0.6) is 0 Å². The number of nitrogens with zero attached hydrogens (tertiary/aromatic N) is 1. The van der Waals surface area contributed by atoms with Crippen molar-refractivity contribution in [1.82, 2.24) is 4.90 Å². The summed E-state index contributed by atoms with van der Waals surface area (Å²) in [5, 5.41) is 7.68. The lowest BCUT2D eigenvalue weighted by Gasteiger charge is -2.33. The Labute approximate surface area is 80.6 Å². The molecular weight excluding hydrogens is 164 g/mol. The SMILES string of the molecule is CCOC1CCN(C(=N)CC)CC1. The van der Waals surface area contributed by atoms with Gasteiger partial charge in [0.25, 0.3) is 0 Å². The van der Waals surface area contributed by atoms with Crippen LogP contribution in [0.4, 0.5) is 0 Å². The van der Waals surface area contributed by atoms with Crippen LogP contribution in [0.1, 0.15) is 33.1 Å². The molecule has 0 radical (unpaired) electrons. The first-order chi connectivity index (χ1) is 6.27. The highest BCUT2D eigenvalue weighted by Gasteiger charge is 2.19. The van der Waals surface area contributed by atoms with Gasteiger partial charge in [-0.05, 0) is 19.8 Å². The van der Waals surface area contributed by atoms with Crippen molar-refractivity contribution in [3.63, 3.8) is 0 Å². The van der Waals surface area contributed by atoms with Gasteiger partial charge in [0, 0.05) is 26.1 Å². The maximum atomic E-state index is 7.68. The average molecular weight is 184 g/mol. The van der Waals surface area contributed by atoms with Crippen LogP contribution in [0, 0.1) is 5.41 Å². The van der Waals surface area contributed by atoms with Crippen molar-refractivity contribution in [1.29, 1.82) is 5.41 Å². The third-order valence-corrected chi connectivity index (χ3v) is 2.56. The van der Waals surface area contributed by atoms with Gasteiger partial charge in [0.1, 0.15) is 0 Å². The summed E-state index contributed by atoms with van der Waals surface area (Å²) in [5.41, 5.74) is 0. The largest absolute Gasteiger partial charge is 0.378 e. The Morgan fingerprint density at radius 2 is 2.00 bits per heavy atom. The molecular formula is C10H20N2O. The quantitative estimate of drug-likeness (QED) is 0.537. The first-order valence-corrected chi connectivity index (χ1v) is 5.21. The molecule has 1 rings (SSSR count). The van der Waals surface area contributed by atoms with Crippen molar-refractivity contribution in [2.45, 2.75) is 39.2 Å². The lowest BCUT2D eigenvalue weighted by molar-refractivity contribution is 0.0265. The Morgan fingerprint density at radius 3 is 2.46 bits per heavy atom. The van der Waals surface area contributed by atoms with Gasteiger partial charge in [-0.2, -0.15) is 0 Å². The molecule has 13 heavy (non-hydrogen) atoms. The zero-order valence-corrected chi connectivity index (χ0v) is 8.68. The second-order valence-corrected chi connectivity index (χ2v) is 3.44. The lowest BCUT2D eigenvalue weighted by atomic mass is 10.1. The monoisotopic (exact) mass is 184 g/mol. The molecule has 0 unspecified atom stereocenters. The van der Waals surface area contributed by atoms with E-state index in [4.69, 9.17) is 10.1 Å². The minimum atomic E-state index is 0.436. The fourth-order valence-electron chi connectivity index (χ4n) is 1.75. The van der Waals surface area contributed by atoms with E-state index in [-0.39, 0.29) is 0 Å². The number of hydrogen-bond acceptors (Lipinski definition) is 2. The summed E-state index contributed by atoms with van der Waals surface area (Å²) in [4.78, 5) is 2.16. The van der Waals surface area contributed by atoms with E-state index in [2.05, 4.69) is 4.90 Å². The summed E-state index contributed by atoms with van der Waals surface area (Å²) >= 11 is 0. The Kier molecular flexibility index (Phi) is 4.22. The maximum Gasteiger partial charge on any atom is 0.0954 e. The second-order valence-electron chi connectivity index (χ2n) is 3.44. The molecule has 1 aliphatic rings. The number of hydrogen-bond donors (Lipinski definition) is 1. The lowest BCUT2D eigenvalue weighted by Crippen LogP contribution is -2.40. The highest BCUT2D eigenvalue weighted by molar-refractivity contribution is 5.78. The zero-order valence-electron chi connectivity index (χ0n) is 8.68. The van der Waals surface area contributed by atoms with Gasteiger partial charge < -0.3 is 9.64 Å². The first kappa shape index (κ1) is 10.5. The Morgan fingerprint density at radius 1 is 1.38 bits per heavy atom. The normalized spacial score (nSPS) is 19.1. The number of nitrogens with one attached hydrogen (secondary N) is 1. The molecule has 76 valence electrons. The number of amidine groups is 1. The van der Waals surface area contributed by atoms with Gasteiger partial charge in [-0.15, -0.1) is 0 Å². The highest BCUT2D eigenvalue weighted by atomic mass is 16.5. The van der Waals surface area contributed by atoms with Crippen LogP contribution >= 0.6 is 0 Å². The highest BCUT2D eigenvalue weighted by Crippen LogP contribution is 2.14. The van der Waals surface area contributed by atoms with Gasteiger partial charge in [-0.1, -0.05) is 6.92 Å². The predicted octanol–water partition coefficient (Wildman–Crippen LogP) is 1.87. The van der Waals surface area contributed by atoms with Crippen LogP contribution in [0.3, 0.4) is 0 Å². The van der Waals surface area contributed by atoms with Gasteiger partial charge in [0.15, 0.2) is 0 Å². The molecule has 0 saturated carbocycles. The molecule has 0 bridgehead atoms. The molecule has 0 aromatic carbocycles. The molecule has 1 heterocycles. The number of rotatable bonds is 3. The van der Waals surface area contributed by atoms with Crippen molar-refractivity contribution in [3.8, 4) is 0 Å². The van der Waals surface area contributed by atoms with E-state index >= 15 is 0 Å². The summed E-state index contributed by atoms with van der Waals surface area (Å²) < 4.78 is 5.55. The van der Waals surface area contributed by atoms with E-state index in [1.807, 2.05) is 13.8 Å². The fourth-order valence-corrected chi connectivity index (χ4v) is 1.75. The Balaban J connectivity index is 2.26. The predicted molar refractivity (Wildman–Crippen MR) is 54.2 cm³/mol. The molecule has 0 aromatic heterocycles. The van der Waals surface area contributed by atoms with Gasteiger partial charge in [0.05, 0.1) is 11.9 Å². The van der Waals surface area contributed by atoms with Gasteiger partial charge >= 0.3 is 0 Å². The molecule has 0 atom stereocenters. The third kappa shape index (κ3) is 2.99. The Bertz CT molecular complexity index is 162. The third-order valence-electron chi connectivity index (χ3n) is 2.56. The molecule has 3 heteroatoms. The van der Waals surface area contributed by atoms with Gasteiger partial charge in [-0.25, -0.2) is 0 Å². The van der Waals surface area contributed by atoms with Crippen LogP contribution in [0.15, 0.2) is 0 Å². The minimum absolute atomic E-state index is 0.436. The van der Waals surface area contributed by atoms with Crippen LogP contribution in [-0.2, 0) is 4.74 Å². The van der Waals surface area contributed by atoms with E-state index in [0.717, 1.165) is 44.8 Å². The number of likely N-dealkylation sites (tertiary alicyclic amines) is 1. The first-order valence-electron chi connectivity index (χ1n) is 5.21. The van der Waals surface area contributed by atoms with Gasteiger partial charge in [0.2, 0.25) is 0 Å². The number of ether oxygens (including phenoxy) is 1. The topological polar surface area (TPSA) is 36.3 Å². The molecule has 0 amide bonds. The molecule has 1 aliphatic heterocycles. The molecule has 3 nitrogen and oxygen atoms in total.